The lowest BCUT2D eigenvalue weighted by Crippen LogP contribution is -2.40. The van der Waals surface area contributed by atoms with E-state index >= 15 is 0 Å². The topological polar surface area (TPSA) is 46.3 Å². The van der Waals surface area contributed by atoms with Gasteiger partial charge in [0, 0.05) is 30.6 Å². The Morgan fingerprint density at radius 3 is 2.94 bits per heavy atom. The summed E-state index contributed by atoms with van der Waals surface area (Å²) in [4.78, 5) is 14.0. The van der Waals surface area contributed by atoms with E-state index in [0.717, 1.165) is 17.0 Å². The monoisotopic (exact) mass is 266 g/mol. The Labute approximate surface area is 113 Å². The second-order valence-electron chi connectivity index (χ2n) is 5.04. The van der Waals surface area contributed by atoms with E-state index in [1.807, 2.05) is 38.2 Å². The van der Waals surface area contributed by atoms with E-state index in [4.69, 9.17) is 17.3 Å². The molecular formula is C14H19ClN2O. The summed E-state index contributed by atoms with van der Waals surface area (Å²) in [5.74, 6) is 0.615. The van der Waals surface area contributed by atoms with Gasteiger partial charge in [-0.15, -0.1) is 0 Å². The lowest BCUT2D eigenvalue weighted by Gasteiger charge is -2.23. The van der Waals surface area contributed by atoms with Gasteiger partial charge in [0.15, 0.2) is 0 Å². The lowest BCUT2D eigenvalue weighted by molar-refractivity contribution is -0.133. The normalized spacial score (nSPS) is 23.6. The molecule has 1 aromatic carbocycles. The predicted molar refractivity (Wildman–Crippen MR) is 73.6 cm³/mol. The second kappa shape index (κ2) is 5.29. The van der Waals surface area contributed by atoms with Crippen LogP contribution in [0.1, 0.15) is 24.8 Å². The largest absolute Gasteiger partial charge is 0.342 e. The summed E-state index contributed by atoms with van der Waals surface area (Å²) in [6.07, 6.45) is 0.917. The Balaban J connectivity index is 2.01. The first kappa shape index (κ1) is 13.4. The molecule has 0 spiro atoms. The third-order valence-electron chi connectivity index (χ3n) is 3.73. The first-order valence-corrected chi connectivity index (χ1v) is 6.64. The second-order valence-corrected chi connectivity index (χ2v) is 5.47. The van der Waals surface area contributed by atoms with Crippen LogP contribution in [0.4, 0.5) is 0 Å². The van der Waals surface area contributed by atoms with Crippen molar-refractivity contribution in [2.75, 3.05) is 13.6 Å². The molecule has 0 aromatic heterocycles. The van der Waals surface area contributed by atoms with Crippen molar-refractivity contribution < 1.29 is 4.79 Å². The molecule has 0 bridgehead atoms. The zero-order chi connectivity index (χ0) is 13.3. The minimum absolute atomic E-state index is 0.0955. The summed E-state index contributed by atoms with van der Waals surface area (Å²) in [7, 11) is 1.83. The van der Waals surface area contributed by atoms with Crippen LogP contribution in [0.3, 0.4) is 0 Å². The van der Waals surface area contributed by atoms with E-state index in [9.17, 15) is 4.79 Å². The number of hydrogen-bond acceptors (Lipinski definition) is 2. The number of halogens is 1. The number of amides is 1. The van der Waals surface area contributed by atoms with Crippen LogP contribution in [-0.2, 0) is 4.79 Å². The molecule has 0 saturated heterocycles. The van der Waals surface area contributed by atoms with Gasteiger partial charge in [-0.05, 0) is 37.0 Å². The molecule has 0 heterocycles. The minimum Gasteiger partial charge on any atom is -0.342 e. The summed E-state index contributed by atoms with van der Waals surface area (Å²) in [5, 5.41) is 0.731. The molecule has 3 atom stereocenters. The van der Waals surface area contributed by atoms with Crippen molar-refractivity contribution >= 4 is 17.5 Å². The molecule has 0 aliphatic heterocycles. The molecule has 2 rings (SSSR count). The quantitative estimate of drug-likeness (QED) is 0.909. The number of carbonyl (C=O) groups excluding carboxylic acids is 1. The van der Waals surface area contributed by atoms with Crippen LogP contribution in [0.2, 0.25) is 5.02 Å². The smallest absolute Gasteiger partial charge is 0.226 e. The summed E-state index contributed by atoms with van der Waals surface area (Å²) < 4.78 is 0. The molecular weight excluding hydrogens is 248 g/mol. The predicted octanol–water partition coefficient (Wildman–Crippen LogP) is 2.25. The number of carbonyl (C=O) groups is 1. The van der Waals surface area contributed by atoms with Gasteiger partial charge < -0.3 is 10.6 Å². The maximum Gasteiger partial charge on any atom is 0.226 e. The van der Waals surface area contributed by atoms with Gasteiger partial charge in [-0.3, -0.25) is 4.79 Å². The Morgan fingerprint density at radius 2 is 2.33 bits per heavy atom. The molecule has 4 heteroatoms. The number of nitrogens with two attached hydrogens (primary N) is 1. The zero-order valence-corrected chi connectivity index (χ0v) is 11.5. The Hall–Kier alpha value is -1.06. The number of benzene rings is 1. The van der Waals surface area contributed by atoms with Crippen molar-refractivity contribution in [1.29, 1.82) is 0 Å². The third-order valence-corrected chi connectivity index (χ3v) is 3.97. The first-order valence-electron chi connectivity index (χ1n) is 6.26. The minimum atomic E-state index is 0.0955. The van der Waals surface area contributed by atoms with Gasteiger partial charge in [0.05, 0.1) is 0 Å². The SMILES string of the molecule is CC(CN)N(C)C(=O)C1CC1c1cccc(Cl)c1. The molecule has 1 aromatic rings. The number of nitrogens with zero attached hydrogens (tertiary/aromatic N) is 1. The van der Waals surface area contributed by atoms with E-state index in [2.05, 4.69) is 0 Å². The highest BCUT2D eigenvalue weighted by Crippen LogP contribution is 2.48. The Kier molecular flexibility index (Phi) is 3.93. The van der Waals surface area contributed by atoms with Crippen LogP contribution in [0.15, 0.2) is 24.3 Å². The molecule has 98 valence electrons. The highest BCUT2D eigenvalue weighted by molar-refractivity contribution is 6.30. The zero-order valence-electron chi connectivity index (χ0n) is 10.8. The van der Waals surface area contributed by atoms with E-state index < -0.39 is 0 Å². The number of rotatable bonds is 4. The van der Waals surface area contributed by atoms with Gasteiger partial charge in [-0.25, -0.2) is 0 Å². The molecule has 0 radical (unpaired) electrons. The summed E-state index contributed by atoms with van der Waals surface area (Å²) in [6.45, 7) is 2.46. The average molecular weight is 267 g/mol. The van der Waals surface area contributed by atoms with Crippen molar-refractivity contribution in [2.45, 2.75) is 25.3 Å². The van der Waals surface area contributed by atoms with E-state index in [0.29, 0.717) is 12.5 Å². The summed E-state index contributed by atoms with van der Waals surface area (Å²) in [5.41, 5.74) is 6.75. The molecule has 2 N–H and O–H groups in total. The van der Waals surface area contributed by atoms with Crippen molar-refractivity contribution in [1.82, 2.24) is 4.90 Å². The van der Waals surface area contributed by atoms with Gasteiger partial charge in [0.1, 0.15) is 0 Å². The Bertz CT molecular complexity index is 449. The van der Waals surface area contributed by atoms with Crippen molar-refractivity contribution in [3.63, 3.8) is 0 Å². The molecule has 18 heavy (non-hydrogen) atoms. The third kappa shape index (κ3) is 2.68. The molecule has 1 amide bonds. The molecule has 3 unspecified atom stereocenters. The van der Waals surface area contributed by atoms with Crippen LogP contribution >= 0.6 is 11.6 Å². The van der Waals surface area contributed by atoms with Gasteiger partial charge in [-0.1, -0.05) is 23.7 Å². The average Bonchev–Trinajstić information content (AvgIpc) is 3.16. The van der Waals surface area contributed by atoms with Crippen molar-refractivity contribution in [2.24, 2.45) is 11.7 Å². The fourth-order valence-corrected chi connectivity index (χ4v) is 2.41. The van der Waals surface area contributed by atoms with Crippen molar-refractivity contribution in [3.05, 3.63) is 34.9 Å². The molecule has 1 aliphatic rings. The fourth-order valence-electron chi connectivity index (χ4n) is 2.21. The first-order chi connectivity index (χ1) is 8.54. The van der Waals surface area contributed by atoms with Crippen molar-refractivity contribution in [3.8, 4) is 0 Å². The number of likely N-dealkylation sites (N-methyl/N-ethyl adjacent to an activating group) is 1. The highest BCUT2D eigenvalue weighted by Gasteiger charge is 2.45. The lowest BCUT2D eigenvalue weighted by atomic mass is 10.1. The van der Waals surface area contributed by atoms with Crippen LogP contribution in [0.5, 0.6) is 0 Å². The van der Waals surface area contributed by atoms with Gasteiger partial charge in [-0.2, -0.15) is 0 Å². The molecule has 1 fully saturated rings. The maximum absolute atomic E-state index is 12.2. The van der Waals surface area contributed by atoms with Crippen LogP contribution in [-0.4, -0.2) is 30.4 Å². The van der Waals surface area contributed by atoms with E-state index in [1.165, 1.54) is 0 Å². The number of hydrogen-bond donors (Lipinski definition) is 1. The molecule has 3 nitrogen and oxygen atoms in total. The van der Waals surface area contributed by atoms with Gasteiger partial charge >= 0.3 is 0 Å². The fraction of sp³-hybridized carbons (Fsp3) is 0.500. The van der Waals surface area contributed by atoms with Crippen LogP contribution in [0.25, 0.3) is 0 Å². The summed E-state index contributed by atoms with van der Waals surface area (Å²) >= 11 is 5.97. The van der Waals surface area contributed by atoms with Crippen LogP contribution in [0, 0.1) is 5.92 Å². The molecule has 1 aliphatic carbocycles. The van der Waals surface area contributed by atoms with Gasteiger partial charge in [0.2, 0.25) is 5.91 Å². The summed E-state index contributed by atoms with van der Waals surface area (Å²) in [6, 6.07) is 7.87. The van der Waals surface area contributed by atoms with E-state index in [1.54, 1.807) is 4.90 Å². The van der Waals surface area contributed by atoms with E-state index in [-0.39, 0.29) is 17.9 Å². The standard InChI is InChI=1S/C14H19ClN2O/c1-9(8-16)17(2)14(18)13-7-12(13)10-4-3-5-11(15)6-10/h3-6,9,12-13H,7-8,16H2,1-2H3. The Morgan fingerprint density at radius 1 is 1.61 bits per heavy atom. The maximum atomic E-state index is 12.2. The van der Waals surface area contributed by atoms with Gasteiger partial charge in [0.25, 0.3) is 0 Å². The molecule has 1 saturated carbocycles. The van der Waals surface area contributed by atoms with Crippen LogP contribution < -0.4 is 5.73 Å². The highest BCUT2D eigenvalue weighted by atomic mass is 35.5.